The number of halogens is 1. The second kappa shape index (κ2) is 8.65. The van der Waals surface area contributed by atoms with Crippen molar-refractivity contribution in [3.63, 3.8) is 0 Å². The van der Waals surface area contributed by atoms with Gasteiger partial charge in [0.2, 0.25) is 0 Å². The lowest BCUT2D eigenvalue weighted by atomic mass is 10.2. The summed E-state index contributed by atoms with van der Waals surface area (Å²) in [6, 6.07) is 10.8. The zero-order valence-corrected chi connectivity index (χ0v) is 16.1. The van der Waals surface area contributed by atoms with Gasteiger partial charge in [0, 0.05) is 31.9 Å². The van der Waals surface area contributed by atoms with Crippen molar-refractivity contribution >= 4 is 11.6 Å². The van der Waals surface area contributed by atoms with Gasteiger partial charge in [-0.25, -0.2) is 4.39 Å². The Kier molecular flexibility index (Phi) is 5.81. The molecular weight excluding hydrogens is 357 g/mol. The van der Waals surface area contributed by atoms with E-state index < -0.39 is 0 Å². The second-order valence-electron chi connectivity index (χ2n) is 7.42. The largest absolute Gasteiger partial charge is 0.468 e. The number of rotatable bonds is 5. The monoisotopic (exact) mass is 385 g/mol. The van der Waals surface area contributed by atoms with E-state index in [1.807, 2.05) is 24.3 Å². The molecule has 0 saturated carbocycles. The van der Waals surface area contributed by atoms with Crippen molar-refractivity contribution < 1.29 is 8.81 Å². The highest BCUT2D eigenvalue weighted by Gasteiger charge is 2.26. The molecule has 0 radical (unpaired) electrons. The average molecular weight is 385 g/mol. The number of likely N-dealkylation sites (tertiary alicyclic amines) is 1. The van der Waals surface area contributed by atoms with Crippen molar-refractivity contribution in [3.05, 3.63) is 54.2 Å². The molecule has 0 bridgehead atoms. The molecule has 1 aromatic carbocycles. The summed E-state index contributed by atoms with van der Waals surface area (Å²) in [5.41, 5.74) is 7.36. The fraction of sp³-hybridized carbons (Fsp3) is 0.476. The van der Waals surface area contributed by atoms with Crippen LogP contribution in [0.1, 0.15) is 24.6 Å². The molecule has 150 valence electrons. The van der Waals surface area contributed by atoms with E-state index in [1.165, 1.54) is 25.0 Å². The minimum Gasteiger partial charge on any atom is -0.468 e. The summed E-state index contributed by atoms with van der Waals surface area (Å²) in [4.78, 5) is 11.5. The van der Waals surface area contributed by atoms with E-state index in [-0.39, 0.29) is 11.9 Å². The summed E-state index contributed by atoms with van der Waals surface area (Å²) >= 11 is 0. The van der Waals surface area contributed by atoms with Gasteiger partial charge in [-0.1, -0.05) is 0 Å². The molecule has 4 rings (SSSR count). The minimum absolute atomic E-state index is 0.150. The standard InChI is InChI=1S/C21H28FN5O/c22-17-5-7-18(8-6-17)25-11-13-27(14-12-25)21(23)24-16-19(20-4-3-15-28-20)26-9-1-2-10-26/h3-8,15,19H,1-2,9-14,16H2,(H2,23,24). The fourth-order valence-electron chi connectivity index (χ4n) is 4.05. The topological polar surface area (TPSA) is 61.2 Å². The number of hydrogen-bond donors (Lipinski definition) is 1. The highest BCUT2D eigenvalue weighted by molar-refractivity contribution is 5.78. The Morgan fingerprint density at radius 3 is 2.39 bits per heavy atom. The van der Waals surface area contributed by atoms with Gasteiger partial charge in [0.1, 0.15) is 11.6 Å². The molecule has 28 heavy (non-hydrogen) atoms. The van der Waals surface area contributed by atoms with Gasteiger partial charge in [0.05, 0.1) is 18.8 Å². The SMILES string of the molecule is NC(=NCC(c1ccco1)N1CCCC1)N1CCN(c2ccc(F)cc2)CC1. The molecule has 6 nitrogen and oxygen atoms in total. The van der Waals surface area contributed by atoms with Crippen molar-refractivity contribution in [3.8, 4) is 0 Å². The summed E-state index contributed by atoms with van der Waals surface area (Å²) < 4.78 is 18.8. The lowest BCUT2D eigenvalue weighted by molar-refractivity contribution is 0.220. The Morgan fingerprint density at radius 1 is 1.04 bits per heavy atom. The van der Waals surface area contributed by atoms with Crippen LogP contribution in [0, 0.1) is 5.82 Å². The summed E-state index contributed by atoms with van der Waals surface area (Å²) in [5.74, 6) is 1.34. The maximum Gasteiger partial charge on any atom is 0.191 e. The average Bonchev–Trinajstić information content (AvgIpc) is 3.44. The van der Waals surface area contributed by atoms with Crippen LogP contribution in [0.4, 0.5) is 10.1 Å². The number of nitrogens with two attached hydrogens (primary N) is 1. The summed E-state index contributed by atoms with van der Waals surface area (Å²) in [6.07, 6.45) is 4.17. The molecule has 0 spiro atoms. The van der Waals surface area contributed by atoms with Crippen LogP contribution in [-0.2, 0) is 0 Å². The molecule has 3 heterocycles. The summed E-state index contributed by atoms with van der Waals surface area (Å²) in [5, 5.41) is 0. The van der Waals surface area contributed by atoms with Gasteiger partial charge >= 0.3 is 0 Å². The first kappa shape index (κ1) is 18.8. The van der Waals surface area contributed by atoms with Gasteiger partial charge in [-0.3, -0.25) is 9.89 Å². The van der Waals surface area contributed by atoms with E-state index in [0.29, 0.717) is 12.5 Å². The number of guanidine groups is 1. The quantitative estimate of drug-likeness (QED) is 0.633. The molecule has 2 aromatic rings. The number of furan rings is 1. The normalized spacial score (nSPS) is 20.0. The van der Waals surface area contributed by atoms with Gasteiger partial charge in [-0.05, 0) is 62.3 Å². The van der Waals surface area contributed by atoms with Crippen LogP contribution in [-0.4, -0.2) is 61.6 Å². The van der Waals surface area contributed by atoms with Crippen molar-refractivity contribution in [1.82, 2.24) is 9.80 Å². The molecule has 0 amide bonds. The Morgan fingerprint density at radius 2 is 1.75 bits per heavy atom. The molecular formula is C21H28FN5O. The highest BCUT2D eigenvalue weighted by atomic mass is 19.1. The van der Waals surface area contributed by atoms with Crippen LogP contribution in [0.3, 0.4) is 0 Å². The van der Waals surface area contributed by atoms with Gasteiger partial charge in [0.25, 0.3) is 0 Å². The Balaban J connectivity index is 1.35. The molecule has 2 fully saturated rings. The van der Waals surface area contributed by atoms with Crippen LogP contribution in [0.2, 0.25) is 0 Å². The van der Waals surface area contributed by atoms with Gasteiger partial charge in [-0.15, -0.1) is 0 Å². The highest BCUT2D eigenvalue weighted by Crippen LogP contribution is 2.26. The molecule has 0 aliphatic carbocycles. The van der Waals surface area contributed by atoms with Crippen LogP contribution >= 0.6 is 0 Å². The van der Waals surface area contributed by atoms with E-state index in [2.05, 4.69) is 14.7 Å². The molecule has 1 atom stereocenters. The summed E-state index contributed by atoms with van der Waals surface area (Å²) in [6.45, 7) is 6.07. The van der Waals surface area contributed by atoms with Crippen molar-refractivity contribution in [2.45, 2.75) is 18.9 Å². The van der Waals surface area contributed by atoms with Crippen LogP contribution in [0.25, 0.3) is 0 Å². The first-order valence-electron chi connectivity index (χ1n) is 10.0. The van der Waals surface area contributed by atoms with Gasteiger partial charge < -0.3 is 20.0 Å². The molecule has 1 unspecified atom stereocenters. The Hall–Kier alpha value is -2.54. The lowest BCUT2D eigenvalue weighted by Gasteiger charge is -2.36. The molecule has 7 heteroatoms. The molecule has 2 aliphatic rings. The molecule has 2 aliphatic heterocycles. The zero-order valence-electron chi connectivity index (χ0n) is 16.1. The number of aliphatic imine (C=N–C) groups is 1. The summed E-state index contributed by atoms with van der Waals surface area (Å²) in [7, 11) is 0. The Bertz CT molecular complexity index is 763. The second-order valence-corrected chi connectivity index (χ2v) is 7.42. The number of anilines is 1. The third-order valence-corrected chi connectivity index (χ3v) is 5.67. The van der Waals surface area contributed by atoms with E-state index in [9.17, 15) is 4.39 Å². The van der Waals surface area contributed by atoms with Gasteiger partial charge in [-0.2, -0.15) is 0 Å². The van der Waals surface area contributed by atoms with E-state index in [0.717, 1.165) is 50.7 Å². The van der Waals surface area contributed by atoms with Gasteiger partial charge in [0.15, 0.2) is 5.96 Å². The third-order valence-electron chi connectivity index (χ3n) is 5.67. The number of piperazine rings is 1. The Labute approximate surface area is 165 Å². The fourth-order valence-corrected chi connectivity index (χ4v) is 4.05. The maximum absolute atomic E-state index is 13.1. The predicted octanol–water partition coefficient (Wildman–Crippen LogP) is 2.69. The van der Waals surface area contributed by atoms with Crippen LogP contribution in [0.5, 0.6) is 0 Å². The molecule has 2 saturated heterocycles. The van der Waals surface area contributed by atoms with E-state index in [1.54, 1.807) is 6.26 Å². The maximum atomic E-state index is 13.1. The van der Waals surface area contributed by atoms with E-state index >= 15 is 0 Å². The van der Waals surface area contributed by atoms with Crippen molar-refractivity contribution in [1.29, 1.82) is 0 Å². The number of hydrogen-bond acceptors (Lipinski definition) is 4. The van der Waals surface area contributed by atoms with Crippen molar-refractivity contribution in [2.75, 3.05) is 50.7 Å². The van der Waals surface area contributed by atoms with E-state index in [4.69, 9.17) is 15.1 Å². The third kappa shape index (κ3) is 4.30. The number of nitrogens with zero attached hydrogens (tertiary/aromatic N) is 4. The van der Waals surface area contributed by atoms with Crippen LogP contribution < -0.4 is 10.6 Å². The smallest absolute Gasteiger partial charge is 0.191 e. The van der Waals surface area contributed by atoms with Crippen molar-refractivity contribution in [2.24, 2.45) is 10.7 Å². The first-order valence-corrected chi connectivity index (χ1v) is 10.0. The van der Waals surface area contributed by atoms with Crippen LogP contribution in [0.15, 0.2) is 52.1 Å². The molecule has 1 aromatic heterocycles. The number of benzene rings is 1. The molecule has 2 N–H and O–H groups in total. The minimum atomic E-state index is -0.206. The predicted molar refractivity (Wildman–Crippen MR) is 109 cm³/mol. The first-order chi connectivity index (χ1) is 13.7. The lowest BCUT2D eigenvalue weighted by Crippen LogP contribution is -2.51. The zero-order chi connectivity index (χ0) is 19.3.